The first-order valence-corrected chi connectivity index (χ1v) is 24.5. The van der Waals surface area contributed by atoms with Crippen LogP contribution in [0.15, 0.2) is 29.6 Å². The molecule has 10 nitrogen and oxygen atoms in total. The van der Waals surface area contributed by atoms with Crippen molar-refractivity contribution in [2.24, 2.45) is 57.6 Å². The van der Waals surface area contributed by atoms with Gasteiger partial charge < -0.3 is 46.1 Å². The zero-order chi connectivity index (χ0) is 45.0. The first-order chi connectivity index (χ1) is 29.7. The third-order valence-electron chi connectivity index (χ3n) is 16.2. The molecule has 2 heterocycles. The van der Waals surface area contributed by atoms with Gasteiger partial charge in [0.25, 0.3) is 0 Å². The number of aryl methyl sites for hydroxylation is 1. The van der Waals surface area contributed by atoms with E-state index in [1.807, 2.05) is 20.0 Å². The molecule has 3 saturated carbocycles. The first kappa shape index (κ1) is 50.7. The number of halogens is 2. The maximum Gasteiger partial charge on any atom is 0.677 e. The highest BCUT2D eigenvalue weighted by molar-refractivity contribution is 6.41. The van der Waals surface area contributed by atoms with E-state index in [1.54, 1.807) is 6.07 Å². The summed E-state index contributed by atoms with van der Waals surface area (Å²) in [5, 5.41) is 3.14. The molecule has 1 aliphatic heterocycles. The molecule has 3 unspecified atom stereocenters. The van der Waals surface area contributed by atoms with Crippen LogP contribution in [0.4, 0.5) is 8.63 Å². The van der Waals surface area contributed by atoms with Gasteiger partial charge in [0.1, 0.15) is 0 Å². The molecule has 11 atom stereocenters. The summed E-state index contributed by atoms with van der Waals surface area (Å²) < 4.78 is 48.8. The number of ether oxygens (including phenoxy) is 3. The van der Waals surface area contributed by atoms with Crippen molar-refractivity contribution in [2.45, 2.75) is 162 Å². The van der Waals surface area contributed by atoms with Crippen LogP contribution in [0.3, 0.4) is 0 Å². The number of nitrogens with zero attached hydrogens (tertiary/aromatic N) is 2. The van der Waals surface area contributed by atoms with Crippen molar-refractivity contribution in [3.63, 3.8) is 0 Å². The van der Waals surface area contributed by atoms with E-state index in [0.29, 0.717) is 81.1 Å². The van der Waals surface area contributed by atoms with Crippen LogP contribution in [0, 0.1) is 40.4 Å². The number of carbonyl (C=O) groups is 1. The predicted octanol–water partition coefficient (Wildman–Crippen LogP) is 8.21. The number of allylic oxidation sites excluding steroid dienone is 1. The van der Waals surface area contributed by atoms with Gasteiger partial charge in [-0.3, -0.25) is 13.4 Å². The van der Waals surface area contributed by atoms with E-state index in [0.717, 1.165) is 92.1 Å². The van der Waals surface area contributed by atoms with Crippen molar-refractivity contribution < 1.29 is 27.6 Å². The number of hydrogen-bond donors (Lipinski definition) is 4. The monoisotopic (exact) mass is 871 g/mol. The molecule has 0 radical (unpaired) electrons. The van der Waals surface area contributed by atoms with E-state index in [9.17, 15) is 13.4 Å². The second kappa shape index (κ2) is 23.8. The van der Waals surface area contributed by atoms with E-state index in [2.05, 4.69) is 50.9 Å². The van der Waals surface area contributed by atoms with Gasteiger partial charge in [0.15, 0.2) is 0 Å². The molecule has 0 spiro atoms. The second-order valence-electron chi connectivity index (χ2n) is 20.2. The Labute approximate surface area is 374 Å². The maximum absolute atomic E-state index is 14.0. The minimum Gasteiger partial charge on any atom is -0.378 e. The van der Waals surface area contributed by atoms with E-state index in [-0.39, 0.29) is 47.5 Å². The van der Waals surface area contributed by atoms with Gasteiger partial charge >= 0.3 is 7.40 Å². The highest BCUT2D eigenvalue weighted by atomic mass is 19.2. The molecule has 62 heavy (non-hydrogen) atoms. The third kappa shape index (κ3) is 12.5. The van der Waals surface area contributed by atoms with Gasteiger partial charge in [0.05, 0.1) is 18.3 Å². The fraction of sp³-hybridized carbons (Fsp3) is 0.816. The molecule has 1 amide bonds. The minimum absolute atomic E-state index is 0.0375. The first-order valence-electron chi connectivity index (χ1n) is 24.5. The largest absolute Gasteiger partial charge is 0.677 e. The van der Waals surface area contributed by atoms with E-state index < -0.39 is 7.40 Å². The number of likely N-dealkylation sites (N-methyl/N-ethyl adjacent to an activating group) is 1. The van der Waals surface area contributed by atoms with Crippen LogP contribution in [-0.2, 0) is 25.4 Å². The van der Waals surface area contributed by atoms with Crippen LogP contribution in [0.2, 0.25) is 0 Å². The molecule has 0 aromatic carbocycles. The van der Waals surface area contributed by atoms with Crippen LogP contribution in [0.25, 0.3) is 6.08 Å². The van der Waals surface area contributed by atoms with Crippen molar-refractivity contribution in [2.75, 3.05) is 53.0 Å². The highest BCUT2D eigenvalue weighted by Crippen LogP contribution is 2.64. The summed E-state index contributed by atoms with van der Waals surface area (Å²) in [4.78, 5) is 15.1. The Morgan fingerprint density at radius 3 is 2.37 bits per heavy atom. The summed E-state index contributed by atoms with van der Waals surface area (Å²) in [7, 11) is -0.675. The van der Waals surface area contributed by atoms with Crippen molar-refractivity contribution in [1.29, 1.82) is 0 Å². The Bertz CT molecular complexity index is 1610. The number of nitrogens with one attached hydrogen (secondary N) is 1. The van der Waals surface area contributed by atoms with Crippen molar-refractivity contribution in [1.82, 2.24) is 14.7 Å². The number of amides is 1. The second-order valence-corrected chi connectivity index (χ2v) is 20.2. The Morgan fingerprint density at radius 2 is 1.69 bits per heavy atom. The third-order valence-corrected chi connectivity index (χ3v) is 16.2. The Hall–Kier alpha value is -2.29. The van der Waals surface area contributed by atoms with Gasteiger partial charge in [-0.05, 0) is 200 Å². The lowest BCUT2D eigenvalue weighted by Gasteiger charge is -2.57. The Balaban J connectivity index is 1.18. The molecule has 3 fully saturated rings. The molecule has 352 valence electrons. The number of hydrogen-bond acceptors (Lipinski definition) is 8. The lowest BCUT2D eigenvalue weighted by atomic mass is 9.50. The molecule has 0 saturated heterocycles. The average molecular weight is 871 g/mol. The Morgan fingerprint density at radius 1 is 0.984 bits per heavy atom. The normalized spacial score (nSPS) is 31.6. The van der Waals surface area contributed by atoms with E-state index in [1.165, 1.54) is 25.5 Å². The number of aromatic nitrogens is 1. The summed E-state index contributed by atoms with van der Waals surface area (Å²) in [5.41, 5.74) is 21.1. The quantitative estimate of drug-likeness (QED) is 0.0569. The molecular formula is C49H85BF2N6O4. The van der Waals surface area contributed by atoms with Crippen LogP contribution in [0.5, 0.6) is 0 Å². The zero-order valence-corrected chi connectivity index (χ0v) is 39.7. The van der Waals surface area contributed by atoms with E-state index in [4.69, 9.17) is 31.4 Å². The smallest absolute Gasteiger partial charge is 0.378 e. The standard InChI is InChI=1S/C49H85BF2N6O4/c1-34(12-8-22-56-47(59)16-13-38-28-42(58(33-38)50(51)52)32-45-35(2)26-36(3)57(45)7)44-15-14-39-29-41(31-46(49(39,44)6)62-25-11-21-55)48(5)18-17-43(61-24-10-20-54)30-40(48)27-37(4)60-23-9-19-53/h26,28,32-34,36-37,39-41,43-44,46H,8-25,27,29-31,53-55H2,1-7H3,(H,56,59)/b45-32-/t34-,36?,37+,39+,40?,41-,43-,44?,46+,48+,49+/m1/s1. The molecule has 1 aromatic rings. The molecular weight excluding hydrogens is 785 g/mol. The number of nitrogens with two attached hydrogens (primary N) is 3. The summed E-state index contributed by atoms with van der Waals surface area (Å²) >= 11 is 0. The van der Waals surface area contributed by atoms with Crippen molar-refractivity contribution in [3.8, 4) is 0 Å². The van der Waals surface area contributed by atoms with Gasteiger partial charge in [-0.1, -0.05) is 26.8 Å². The average Bonchev–Trinajstić information content (AvgIpc) is 3.89. The van der Waals surface area contributed by atoms with Gasteiger partial charge in [0.2, 0.25) is 5.91 Å². The molecule has 7 N–H and O–H groups in total. The lowest BCUT2D eigenvalue weighted by Crippen LogP contribution is -2.54. The highest BCUT2D eigenvalue weighted by Gasteiger charge is 2.59. The lowest BCUT2D eigenvalue weighted by molar-refractivity contribution is -0.154. The van der Waals surface area contributed by atoms with Gasteiger partial charge in [-0.25, -0.2) is 0 Å². The Kier molecular flexibility index (Phi) is 19.4. The van der Waals surface area contributed by atoms with Crippen molar-refractivity contribution >= 4 is 19.4 Å². The fourth-order valence-corrected chi connectivity index (χ4v) is 12.3. The molecule has 0 bridgehead atoms. The van der Waals surface area contributed by atoms with Gasteiger partial charge in [-0.15, -0.1) is 0 Å². The fourth-order valence-electron chi connectivity index (χ4n) is 12.3. The molecule has 1 aromatic heterocycles. The van der Waals surface area contributed by atoms with Crippen LogP contribution in [-0.4, -0.2) is 100 Å². The number of rotatable bonds is 25. The van der Waals surface area contributed by atoms with E-state index >= 15 is 0 Å². The van der Waals surface area contributed by atoms with Crippen LogP contribution < -0.4 is 22.5 Å². The van der Waals surface area contributed by atoms with Gasteiger partial charge in [-0.2, -0.15) is 0 Å². The number of fused-ring (bicyclic) bond motifs is 1. The molecule has 4 aliphatic rings. The van der Waals surface area contributed by atoms with Crippen LogP contribution in [0.1, 0.15) is 143 Å². The van der Waals surface area contributed by atoms with Gasteiger partial charge in [0, 0.05) is 57.3 Å². The summed E-state index contributed by atoms with van der Waals surface area (Å²) in [6.07, 6.45) is 20.5. The topological polar surface area (TPSA) is 143 Å². The van der Waals surface area contributed by atoms with Crippen molar-refractivity contribution in [3.05, 3.63) is 40.9 Å². The van der Waals surface area contributed by atoms with Crippen LogP contribution >= 0.6 is 0 Å². The maximum atomic E-state index is 14.0. The minimum atomic E-state index is -2.65. The molecule has 13 heteroatoms. The summed E-state index contributed by atoms with van der Waals surface area (Å²) in [6, 6.07) is 2.01. The molecule has 3 aliphatic carbocycles. The zero-order valence-electron chi connectivity index (χ0n) is 39.7. The SMILES string of the molecule is CC1=CC(C)N(C)/C1=C\c1cc(CCC(=O)NCCC[C@@H](C)C2CC[C@H]3C[C@@H]([C@@]4(C)CC[C@@H](OCCCN)CC4C[C@H](C)OCCCN)C[C@H](OCCCN)[C@]23C)cn1B(F)F. The summed E-state index contributed by atoms with van der Waals surface area (Å²) in [6.45, 7) is 18.6. The number of carbonyl (C=O) groups excluding carboxylic acids is 1. The summed E-state index contributed by atoms with van der Waals surface area (Å²) in [5.74, 6) is 2.68. The molecule has 5 rings (SSSR count). The predicted molar refractivity (Wildman–Crippen MR) is 250 cm³/mol.